The van der Waals surface area contributed by atoms with Gasteiger partial charge in [-0.05, 0) is 30.3 Å². The van der Waals surface area contributed by atoms with Crippen molar-refractivity contribution >= 4 is 15.9 Å². The highest BCUT2D eigenvalue weighted by Gasteiger charge is 2.31. The van der Waals surface area contributed by atoms with Gasteiger partial charge in [-0.2, -0.15) is 4.31 Å². The van der Waals surface area contributed by atoms with E-state index < -0.39 is 15.8 Å². The van der Waals surface area contributed by atoms with E-state index in [9.17, 15) is 17.6 Å². The molecule has 0 atom stereocenters. The van der Waals surface area contributed by atoms with E-state index in [0.717, 1.165) is 6.07 Å². The van der Waals surface area contributed by atoms with Crippen LogP contribution >= 0.6 is 0 Å². The average Bonchev–Trinajstić information content (AvgIpc) is 3.39. The Morgan fingerprint density at radius 3 is 2.50 bits per heavy atom. The molecule has 0 aliphatic carbocycles. The van der Waals surface area contributed by atoms with Crippen molar-refractivity contribution in [3.8, 4) is 11.5 Å². The number of benzene rings is 1. The zero-order chi connectivity index (χ0) is 19.7. The maximum absolute atomic E-state index is 13.4. The molecule has 8 nitrogen and oxygen atoms in total. The molecular weight excluding hydrogens is 389 g/mol. The maximum Gasteiger partial charge on any atom is 0.276 e. The summed E-state index contributed by atoms with van der Waals surface area (Å²) >= 11 is 0. The number of nitrogens with zero attached hydrogens (tertiary/aromatic N) is 3. The van der Waals surface area contributed by atoms with E-state index in [1.54, 1.807) is 12.1 Å². The number of halogens is 1. The summed E-state index contributed by atoms with van der Waals surface area (Å²) in [5, 5.41) is 3.77. The summed E-state index contributed by atoms with van der Waals surface area (Å²) < 4.78 is 50.2. The first kappa shape index (κ1) is 18.4. The molecule has 0 unspecified atom stereocenters. The molecule has 1 aromatic carbocycles. The summed E-state index contributed by atoms with van der Waals surface area (Å²) in [5.41, 5.74) is 0.118. The van der Waals surface area contributed by atoms with Crippen molar-refractivity contribution in [2.24, 2.45) is 0 Å². The van der Waals surface area contributed by atoms with Crippen LogP contribution in [0.4, 0.5) is 4.39 Å². The van der Waals surface area contributed by atoms with Crippen LogP contribution in [0.5, 0.6) is 0 Å². The molecule has 3 heterocycles. The molecule has 1 aliphatic rings. The van der Waals surface area contributed by atoms with Crippen molar-refractivity contribution < 1.29 is 26.5 Å². The number of aromatic nitrogens is 1. The first-order chi connectivity index (χ1) is 13.4. The zero-order valence-corrected chi connectivity index (χ0v) is 15.4. The van der Waals surface area contributed by atoms with E-state index in [-0.39, 0.29) is 42.7 Å². The molecule has 0 bridgehead atoms. The van der Waals surface area contributed by atoms with Crippen LogP contribution in [-0.4, -0.2) is 54.9 Å². The Balaban J connectivity index is 1.43. The van der Waals surface area contributed by atoms with Gasteiger partial charge in [0.15, 0.2) is 11.5 Å². The van der Waals surface area contributed by atoms with Crippen LogP contribution in [0.25, 0.3) is 11.5 Å². The summed E-state index contributed by atoms with van der Waals surface area (Å²) in [6, 6.07) is 9.73. The number of carbonyl (C=O) groups is 1. The number of sulfonamides is 1. The summed E-state index contributed by atoms with van der Waals surface area (Å²) in [7, 11) is -3.81. The number of hydrogen-bond acceptors (Lipinski definition) is 6. The predicted octanol–water partition coefficient (Wildman–Crippen LogP) is 2.22. The lowest BCUT2D eigenvalue weighted by Crippen LogP contribution is -2.50. The lowest BCUT2D eigenvalue weighted by atomic mass is 10.2. The number of amides is 1. The van der Waals surface area contributed by atoms with Crippen LogP contribution < -0.4 is 0 Å². The fourth-order valence-electron chi connectivity index (χ4n) is 2.98. The minimum atomic E-state index is -3.81. The maximum atomic E-state index is 13.4. The number of furan rings is 1. The fourth-order valence-corrected chi connectivity index (χ4v) is 4.44. The Morgan fingerprint density at radius 2 is 1.82 bits per heavy atom. The second-order valence-corrected chi connectivity index (χ2v) is 8.15. The lowest BCUT2D eigenvalue weighted by Gasteiger charge is -2.33. The molecule has 3 aromatic rings. The van der Waals surface area contributed by atoms with Gasteiger partial charge in [-0.3, -0.25) is 4.79 Å². The molecule has 0 spiro atoms. The molecule has 2 aromatic heterocycles. The highest BCUT2D eigenvalue weighted by atomic mass is 32.2. The topological polar surface area (TPSA) is 96.9 Å². The molecule has 28 heavy (non-hydrogen) atoms. The van der Waals surface area contributed by atoms with Gasteiger partial charge in [0, 0.05) is 32.2 Å². The first-order valence-corrected chi connectivity index (χ1v) is 9.95. The van der Waals surface area contributed by atoms with Crippen molar-refractivity contribution in [1.29, 1.82) is 0 Å². The SMILES string of the molecule is O=C(c1cc(-c2ccco2)on1)N1CCN(S(=O)(=O)c2cccc(F)c2)CC1. The highest BCUT2D eigenvalue weighted by Crippen LogP contribution is 2.22. The van der Waals surface area contributed by atoms with Crippen molar-refractivity contribution in [2.75, 3.05) is 26.2 Å². The predicted molar refractivity (Wildman–Crippen MR) is 95.3 cm³/mol. The Kier molecular flexibility index (Phi) is 4.73. The van der Waals surface area contributed by atoms with Gasteiger partial charge in [0.25, 0.3) is 5.91 Å². The largest absolute Gasteiger partial charge is 0.461 e. The third kappa shape index (κ3) is 3.43. The van der Waals surface area contributed by atoms with Crippen molar-refractivity contribution in [3.63, 3.8) is 0 Å². The van der Waals surface area contributed by atoms with Crippen LogP contribution in [0.3, 0.4) is 0 Å². The summed E-state index contributed by atoms with van der Waals surface area (Å²) in [4.78, 5) is 14.0. The molecule has 1 saturated heterocycles. The first-order valence-electron chi connectivity index (χ1n) is 8.51. The number of carbonyl (C=O) groups excluding carboxylic acids is 1. The van der Waals surface area contributed by atoms with Gasteiger partial charge in [-0.25, -0.2) is 12.8 Å². The molecule has 0 N–H and O–H groups in total. The van der Waals surface area contributed by atoms with Gasteiger partial charge >= 0.3 is 0 Å². The second-order valence-electron chi connectivity index (χ2n) is 6.21. The Hall–Kier alpha value is -2.98. The smallest absolute Gasteiger partial charge is 0.276 e. The molecule has 0 saturated carbocycles. The summed E-state index contributed by atoms with van der Waals surface area (Å²) in [6.07, 6.45) is 1.48. The molecule has 0 radical (unpaired) electrons. The molecule has 4 rings (SSSR count). The van der Waals surface area contributed by atoms with Crippen molar-refractivity contribution in [1.82, 2.24) is 14.4 Å². The van der Waals surface area contributed by atoms with E-state index in [1.165, 1.54) is 39.7 Å². The van der Waals surface area contributed by atoms with Gasteiger partial charge in [0.05, 0.1) is 11.2 Å². The van der Waals surface area contributed by atoms with E-state index in [1.807, 2.05) is 0 Å². The van der Waals surface area contributed by atoms with E-state index in [4.69, 9.17) is 8.94 Å². The molecule has 1 amide bonds. The van der Waals surface area contributed by atoms with E-state index in [2.05, 4.69) is 5.16 Å². The Labute approximate surface area is 160 Å². The van der Waals surface area contributed by atoms with E-state index >= 15 is 0 Å². The highest BCUT2D eigenvalue weighted by molar-refractivity contribution is 7.89. The van der Waals surface area contributed by atoms with Gasteiger partial charge < -0.3 is 13.8 Å². The molecular formula is C18H16FN3O5S. The van der Waals surface area contributed by atoms with E-state index in [0.29, 0.717) is 11.5 Å². The van der Waals surface area contributed by atoms with Gasteiger partial charge in [0.1, 0.15) is 5.82 Å². The van der Waals surface area contributed by atoms with Gasteiger partial charge in [-0.15, -0.1) is 0 Å². The number of rotatable bonds is 4. The van der Waals surface area contributed by atoms with Crippen LogP contribution in [0.15, 0.2) is 62.6 Å². The minimum absolute atomic E-state index is 0.105. The Bertz CT molecular complexity index is 1090. The van der Waals surface area contributed by atoms with Crippen LogP contribution in [0.2, 0.25) is 0 Å². The van der Waals surface area contributed by atoms with Crippen LogP contribution in [0, 0.1) is 5.82 Å². The standard InChI is InChI=1S/C18H16FN3O5S/c19-13-3-1-4-14(11-13)28(24,25)22-8-6-21(7-9-22)18(23)15-12-17(27-20-15)16-5-2-10-26-16/h1-5,10-12H,6-9H2. The minimum Gasteiger partial charge on any atom is -0.461 e. The average molecular weight is 405 g/mol. The molecule has 1 aliphatic heterocycles. The number of piperazine rings is 1. The Morgan fingerprint density at radius 1 is 1.04 bits per heavy atom. The van der Waals surface area contributed by atoms with Crippen molar-refractivity contribution in [2.45, 2.75) is 4.90 Å². The summed E-state index contributed by atoms with van der Waals surface area (Å²) in [5.74, 6) is -0.184. The van der Waals surface area contributed by atoms with Crippen LogP contribution in [0.1, 0.15) is 10.5 Å². The normalized spacial score (nSPS) is 15.7. The third-order valence-corrected chi connectivity index (χ3v) is 6.35. The van der Waals surface area contributed by atoms with Crippen molar-refractivity contribution in [3.05, 3.63) is 60.2 Å². The molecule has 10 heteroatoms. The third-order valence-electron chi connectivity index (χ3n) is 4.45. The van der Waals surface area contributed by atoms with Gasteiger partial charge in [-0.1, -0.05) is 11.2 Å². The number of hydrogen-bond donors (Lipinski definition) is 0. The second kappa shape index (κ2) is 7.21. The fraction of sp³-hybridized carbons (Fsp3) is 0.222. The lowest BCUT2D eigenvalue weighted by molar-refractivity contribution is 0.0687. The zero-order valence-electron chi connectivity index (χ0n) is 14.6. The summed E-state index contributed by atoms with van der Waals surface area (Å²) in [6.45, 7) is 0.591. The van der Waals surface area contributed by atoms with Gasteiger partial charge in [0.2, 0.25) is 15.8 Å². The monoisotopic (exact) mass is 405 g/mol. The molecule has 1 fully saturated rings. The quantitative estimate of drug-likeness (QED) is 0.660. The van der Waals surface area contributed by atoms with Crippen LogP contribution in [-0.2, 0) is 10.0 Å². The molecule has 146 valence electrons.